The highest BCUT2D eigenvalue weighted by atomic mass is 16.5. The van der Waals surface area contributed by atoms with Gasteiger partial charge in [0, 0.05) is 36.1 Å². The van der Waals surface area contributed by atoms with Crippen molar-refractivity contribution in [1.82, 2.24) is 19.6 Å². The van der Waals surface area contributed by atoms with Gasteiger partial charge in [-0.05, 0) is 18.2 Å². The standard InChI is InChI=1S/C28H26N8O2/c1-2-8-19(9-3-1)24-20-10-4-5-11-21(20)29-18-22(30-24)31-28-34-33-26(38-28)25-27(35-14-16-37-17-15-35)36-13-7-6-12-23(36)32-25/h1-13,22,29H,14-18H2,(H,31,34)/t22-/m1/s1. The number of nitrogens with one attached hydrogen (secondary N) is 2. The van der Waals surface area contributed by atoms with Gasteiger partial charge in [-0.15, -0.1) is 5.10 Å². The molecule has 5 aromatic rings. The molecule has 10 heteroatoms. The highest BCUT2D eigenvalue weighted by Gasteiger charge is 2.26. The average Bonchev–Trinajstić information content (AvgIpc) is 3.55. The maximum Gasteiger partial charge on any atom is 0.317 e. The van der Waals surface area contributed by atoms with Crippen molar-refractivity contribution >= 4 is 28.9 Å². The van der Waals surface area contributed by atoms with Gasteiger partial charge in [-0.25, -0.2) is 4.98 Å². The zero-order valence-electron chi connectivity index (χ0n) is 20.6. The molecule has 0 spiro atoms. The lowest BCUT2D eigenvalue weighted by atomic mass is 10.0. The van der Waals surface area contributed by atoms with E-state index in [1.807, 2.05) is 54.7 Å². The molecule has 10 nitrogen and oxygen atoms in total. The van der Waals surface area contributed by atoms with Gasteiger partial charge in [0.05, 0.1) is 25.5 Å². The number of para-hydroxylation sites is 1. The van der Waals surface area contributed by atoms with E-state index in [9.17, 15) is 0 Å². The van der Waals surface area contributed by atoms with Gasteiger partial charge in [-0.3, -0.25) is 9.39 Å². The third-order valence-electron chi connectivity index (χ3n) is 6.73. The Morgan fingerprint density at radius 3 is 2.61 bits per heavy atom. The number of anilines is 3. The highest BCUT2D eigenvalue weighted by molar-refractivity contribution is 6.16. The van der Waals surface area contributed by atoms with E-state index < -0.39 is 0 Å². The number of fused-ring (bicyclic) bond motifs is 2. The van der Waals surface area contributed by atoms with E-state index in [0.29, 0.717) is 37.4 Å². The number of morpholine rings is 1. The zero-order chi connectivity index (χ0) is 25.3. The van der Waals surface area contributed by atoms with Gasteiger partial charge < -0.3 is 24.7 Å². The number of aromatic nitrogens is 4. The number of rotatable bonds is 5. The van der Waals surface area contributed by atoms with Gasteiger partial charge in [0.25, 0.3) is 5.89 Å². The Balaban J connectivity index is 1.22. The Bertz CT molecular complexity index is 1600. The molecule has 0 saturated carbocycles. The van der Waals surface area contributed by atoms with Gasteiger partial charge in [0.2, 0.25) is 0 Å². The summed E-state index contributed by atoms with van der Waals surface area (Å²) in [5.74, 6) is 1.28. The Morgan fingerprint density at radius 1 is 0.895 bits per heavy atom. The summed E-state index contributed by atoms with van der Waals surface area (Å²) >= 11 is 0. The number of hydrogen-bond donors (Lipinski definition) is 2. The first-order valence-electron chi connectivity index (χ1n) is 12.7. The van der Waals surface area contributed by atoms with Crippen LogP contribution in [0.15, 0.2) is 88.4 Å². The van der Waals surface area contributed by atoms with Crippen molar-refractivity contribution in [3.63, 3.8) is 0 Å². The number of benzene rings is 2. The number of pyridine rings is 1. The molecule has 0 radical (unpaired) electrons. The molecular formula is C28H26N8O2. The van der Waals surface area contributed by atoms with E-state index in [2.05, 4.69) is 54.4 Å². The monoisotopic (exact) mass is 506 g/mol. The fraction of sp³-hybridized carbons (Fsp3) is 0.214. The topological polar surface area (TPSA) is 105 Å². The molecule has 0 unspecified atom stereocenters. The molecule has 2 aromatic carbocycles. The maximum atomic E-state index is 6.13. The van der Waals surface area contributed by atoms with Crippen LogP contribution in [0.2, 0.25) is 0 Å². The molecule has 1 atom stereocenters. The summed E-state index contributed by atoms with van der Waals surface area (Å²) < 4.78 is 13.8. The van der Waals surface area contributed by atoms with Crippen LogP contribution in [-0.2, 0) is 4.74 Å². The summed E-state index contributed by atoms with van der Waals surface area (Å²) in [6.07, 6.45) is 1.67. The minimum absolute atomic E-state index is 0.291. The van der Waals surface area contributed by atoms with Gasteiger partial charge in [-0.2, -0.15) is 0 Å². The lowest BCUT2D eigenvalue weighted by molar-refractivity contribution is 0.122. The molecule has 1 saturated heterocycles. The van der Waals surface area contributed by atoms with Crippen LogP contribution in [0.1, 0.15) is 11.1 Å². The second-order valence-corrected chi connectivity index (χ2v) is 9.15. The molecule has 5 heterocycles. The molecular weight excluding hydrogens is 480 g/mol. The molecule has 1 fully saturated rings. The van der Waals surface area contributed by atoms with Crippen LogP contribution in [-0.4, -0.2) is 64.3 Å². The van der Waals surface area contributed by atoms with Crippen LogP contribution in [0, 0.1) is 0 Å². The normalized spacial score (nSPS) is 17.4. The summed E-state index contributed by atoms with van der Waals surface area (Å²) in [5, 5.41) is 15.5. The van der Waals surface area contributed by atoms with E-state index >= 15 is 0 Å². The first-order valence-corrected chi connectivity index (χ1v) is 12.7. The molecule has 3 aromatic heterocycles. The quantitative estimate of drug-likeness (QED) is 0.370. The number of ether oxygens (including phenoxy) is 1. The highest BCUT2D eigenvalue weighted by Crippen LogP contribution is 2.32. The van der Waals surface area contributed by atoms with Gasteiger partial charge in [0.1, 0.15) is 17.6 Å². The van der Waals surface area contributed by atoms with Crippen molar-refractivity contribution in [3.05, 3.63) is 90.1 Å². The minimum Gasteiger partial charge on any atom is -0.401 e. The molecule has 2 aliphatic rings. The number of imidazole rings is 1. The Kier molecular flexibility index (Phi) is 5.71. The second kappa shape index (κ2) is 9.64. The van der Waals surface area contributed by atoms with E-state index in [-0.39, 0.29) is 6.17 Å². The molecule has 2 aliphatic heterocycles. The van der Waals surface area contributed by atoms with Crippen molar-refractivity contribution in [2.24, 2.45) is 4.99 Å². The van der Waals surface area contributed by atoms with Crippen LogP contribution in [0.4, 0.5) is 17.5 Å². The van der Waals surface area contributed by atoms with E-state index in [1.165, 1.54) is 0 Å². The van der Waals surface area contributed by atoms with Crippen LogP contribution in [0.3, 0.4) is 0 Å². The molecule has 0 amide bonds. The molecule has 2 N–H and O–H groups in total. The number of aliphatic imine (C=N–C) groups is 1. The molecule has 38 heavy (non-hydrogen) atoms. The number of hydrogen-bond acceptors (Lipinski definition) is 9. The fourth-order valence-corrected chi connectivity index (χ4v) is 4.95. The molecule has 190 valence electrons. The van der Waals surface area contributed by atoms with Gasteiger partial charge in [-0.1, -0.05) is 59.7 Å². The summed E-state index contributed by atoms with van der Waals surface area (Å²) in [6.45, 7) is 3.41. The average molecular weight is 507 g/mol. The van der Waals surface area contributed by atoms with Gasteiger partial charge >= 0.3 is 6.01 Å². The first-order chi connectivity index (χ1) is 18.8. The first kappa shape index (κ1) is 22.5. The third kappa shape index (κ3) is 4.14. The second-order valence-electron chi connectivity index (χ2n) is 9.15. The fourth-order valence-electron chi connectivity index (χ4n) is 4.95. The van der Waals surface area contributed by atoms with Crippen LogP contribution in [0.5, 0.6) is 0 Å². The van der Waals surface area contributed by atoms with Crippen molar-refractivity contribution in [2.75, 3.05) is 48.4 Å². The van der Waals surface area contributed by atoms with Crippen LogP contribution < -0.4 is 15.5 Å². The number of benzodiazepines with no additional fused rings is 1. The summed E-state index contributed by atoms with van der Waals surface area (Å²) in [4.78, 5) is 12.1. The smallest absolute Gasteiger partial charge is 0.317 e. The van der Waals surface area contributed by atoms with Crippen molar-refractivity contribution < 1.29 is 9.15 Å². The van der Waals surface area contributed by atoms with E-state index in [4.69, 9.17) is 19.1 Å². The Morgan fingerprint density at radius 2 is 1.71 bits per heavy atom. The summed E-state index contributed by atoms with van der Waals surface area (Å²) in [7, 11) is 0. The van der Waals surface area contributed by atoms with Crippen molar-refractivity contribution in [3.8, 4) is 11.6 Å². The largest absolute Gasteiger partial charge is 0.401 e. The predicted molar refractivity (Wildman–Crippen MR) is 146 cm³/mol. The maximum absolute atomic E-state index is 6.13. The number of nitrogens with zero attached hydrogens (tertiary/aromatic N) is 6. The van der Waals surface area contributed by atoms with Crippen LogP contribution >= 0.6 is 0 Å². The van der Waals surface area contributed by atoms with E-state index in [1.54, 1.807) is 0 Å². The Labute approximate surface area is 219 Å². The lowest BCUT2D eigenvalue weighted by Gasteiger charge is -2.28. The summed E-state index contributed by atoms with van der Waals surface area (Å²) in [5.41, 5.74) is 5.50. The third-order valence-corrected chi connectivity index (χ3v) is 6.73. The summed E-state index contributed by atoms with van der Waals surface area (Å²) in [6, 6.07) is 24.6. The molecule has 0 aliphatic carbocycles. The van der Waals surface area contributed by atoms with E-state index in [0.717, 1.165) is 47.1 Å². The molecule has 7 rings (SSSR count). The minimum atomic E-state index is -0.328. The Hall–Kier alpha value is -4.70. The van der Waals surface area contributed by atoms with Crippen LogP contribution in [0.25, 0.3) is 17.2 Å². The predicted octanol–water partition coefficient (Wildman–Crippen LogP) is 3.92. The SMILES string of the molecule is c1ccc(C2=N[C@H](Nc3nnc(-c4nc5ccccn5c4N4CCOCC4)o3)CNc3ccccc32)cc1. The lowest BCUT2D eigenvalue weighted by Crippen LogP contribution is -2.37. The van der Waals surface area contributed by atoms with Gasteiger partial charge in [0.15, 0.2) is 5.69 Å². The van der Waals surface area contributed by atoms with Crippen molar-refractivity contribution in [1.29, 1.82) is 0 Å². The zero-order valence-corrected chi connectivity index (χ0v) is 20.6. The molecule has 0 bridgehead atoms. The van der Waals surface area contributed by atoms with Crippen molar-refractivity contribution in [2.45, 2.75) is 6.17 Å².